The van der Waals surface area contributed by atoms with Gasteiger partial charge in [-0.2, -0.15) is 0 Å². The van der Waals surface area contributed by atoms with Crippen molar-refractivity contribution in [3.63, 3.8) is 0 Å². The molecule has 3 rings (SSSR count). The Hall–Kier alpha value is -2.11. The number of ether oxygens (including phenoxy) is 5. The number of nitrogens with zero attached hydrogens (tertiary/aromatic N) is 1. The van der Waals surface area contributed by atoms with Crippen LogP contribution in [0.15, 0.2) is 23.8 Å². The molecule has 2 saturated heterocycles. The average molecular weight is 742 g/mol. The van der Waals surface area contributed by atoms with Crippen LogP contribution in [0.25, 0.3) is 0 Å². The molecule has 52 heavy (non-hydrogen) atoms. The van der Waals surface area contributed by atoms with Gasteiger partial charge in [0.25, 0.3) is 0 Å². The van der Waals surface area contributed by atoms with Gasteiger partial charge in [-0.15, -0.1) is 0 Å². The summed E-state index contributed by atoms with van der Waals surface area (Å²) in [6.45, 7) is 11.6. The van der Waals surface area contributed by atoms with Gasteiger partial charge in [0.15, 0.2) is 18.4 Å². The molecule has 298 valence electrons. The lowest BCUT2D eigenvalue weighted by molar-refractivity contribution is -0.341. The van der Waals surface area contributed by atoms with Crippen molar-refractivity contribution in [2.24, 2.45) is 23.7 Å². The molecule has 0 bridgehead atoms. The summed E-state index contributed by atoms with van der Waals surface area (Å²) in [5.74, 6) is -3.38. The standard InChI is InChI=1S/C38H63NO13/c1-10-29-26(19-41)15-20(2)11-12-27(42)21(3)16-25(13-14-40)34(22(4)28(43)17-30(44)50-29)52-37-33(45)32(39(8)9)35(23(5)49-37)51-31-18-38(7,47)36(46)24(6)48-31/h11-12,14-15,21-26,28-29,31-37,41,43,45-47H,10,13,16-19H2,1-9H3. The third-order valence-corrected chi connectivity index (χ3v) is 10.9. The first-order chi connectivity index (χ1) is 24.3. The van der Waals surface area contributed by atoms with Gasteiger partial charge in [0.2, 0.25) is 0 Å². The van der Waals surface area contributed by atoms with Crippen LogP contribution >= 0.6 is 0 Å². The van der Waals surface area contributed by atoms with Gasteiger partial charge >= 0.3 is 5.97 Å². The molecule has 3 heterocycles. The van der Waals surface area contributed by atoms with Gasteiger partial charge in [-0.3, -0.25) is 9.59 Å². The zero-order valence-corrected chi connectivity index (χ0v) is 32.2. The molecule has 0 spiro atoms. The topological polar surface area (TPSA) is 202 Å². The molecule has 0 aromatic rings. The molecule has 0 aromatic heterocycles. The highest BCUT2D eigenvalue weighted by molar-refractivity contribution is 5.91. The number of likely N-dealkylation sites (N-methyl/N-ethyl adjacent to an activating group) is 1. The van der Waals surface area contributed by atoms with Crippen molar-refractivity contribution in [3.05, 3.63) is 23.8 Å². The number of esters is 1. The van der Waals surface area contributed by atoms with E-state index in [2.05, 4.69) is 0 Å². The number of allylic oxidation sites excluding steroid dienone is 3. The van der Waals surface area contributed by atoms with E-state index in [0.29, 0.717) is 12.0 Å². The zero-order valence-electron chi connectivity index (χ0n) is 32.2. The Bertz CT molecular complexity index is 1240. The first-order valence-electron chi connectivity index (χ1n) is 18.5. The van der Waals surface area contributed by atoms with Crippen molar-refractivity contribution in [3.8, 4) is 0 Å². The Morgan fingerprint density at radius 3 is 2.27 bits per heavy atom. The molecule has 0 aromatic carbocycles. The number of rotatable bonds is 9. The molecule has 14 heteroatoms. The molecule has 0 radical (unpaired) electrons. The lowest BCUT2D eigenvalue weighted by Crippen LogP contribution is -2.65. The normalized spacial score (nSPS) is 43.2. The molecular formula is C38H63NO13. The summed E-state index contributed by atoms with van der Waals surface area (Å²) in [5, 5.41) is 54.5. The lowest BCUT2D eigenvalue weighted by atomic mass is 9.79. The van der Waals surface area contributed by atoms with Crippen LogP contribution in [0.5, 0.6) is 0 Å². The molecule has 0 amide bonds. The van der Waals surface area contributed by atoms with E-state index in [0.717, 1.165) is 6.29 Å². The van der Waals surface area contributed by atoms with Crippen LogP contribution in [-0.2, 0) is 38.1 Å². The van der Waals surface area contributed by atoms with Gasteiger partial charge in [0.05, 0.1) is 49.1 Å². The largest absolute Gasteiger partial charge is 0.462 e. The second-order valence-electron chi connectivity index (χ2n) is 15.5. The SMILES string of the molecule is CCC1OC(=O)CC(O)C(C)C(OC2OC(C)C(OC3CC(C)(O)C(O)C(C)O3)C(N(C)C)C2O)C(CC=O)CC(C)C(=O)C=CC(C)=CC1CO. The molecule has 5 N–H and O–H groups in total. The van der Waals surface area contributed by atoms with Crippen LogP contribution < -0.4 is 0 Å². The number of aldehydes is 1. The van der Waals surface area contributed by atoms with Gasteiger partial charge in [-0.05, 0) is 66.6 Å². The minimum atomic E-state index is -1.47. The number of cyclic esters (lactones) is 1. The Labute approximate surface area is 308 Å². The fourth-order valence-corrected chi connectivity index (χ4v) is 7.68. The van der Waals surface area contributed by atoms with Gasteiger partial charge in [0.1, 0.15) is 30.7 Å². The maximum atomic E-state index is 13.3. The summed E-state index contributed by atoms with van der Waals surface area (Å²) in [4.78, 5) is 40.3. The average Bonchev–Trinajstić information content (AvgIpc) is 3.07. The highest BCUT2D eigenvalue weighted by Gasteiger charge is 2.51. The molecule has 2 fully saturated rings. The molecule has 3 aliphatic rings. The predicted molar refractivity (Wildman–Crippen MR) is 190 cm³/mol. The van der Waals surface area contributed by atoms with Crippen molar-refractivity contribution >= 4 is 18.0 Å². The van der Waals surface area contributed by atoms with E-state index < -0.39 is 109 Å². The van der Waals surface area contributed by atoms with E-state index >= 15 is 0 Å². The summed E-state index contributed by atoms with van der Waals surface area (Å²) in [6, 6.07) is -0.720. The maximum absolute atomic E-state index is 13.3. The molecule has 0 saturated carbocycles. The van der Waals surface area contributed by atoms with Crippen molar-refractivity contribution in [1.82, 2.24) is 4.90 Å². The van der Waals surface area contributed by atoms with Crippen molar-refractivity contribution in [1.29, 1.82) is 0 Å². The first kappa shape index (κ1) is 44.3. The number of aliphatic hydroxyl groups excluding tert-OH is 4. The van der Waals surface area contributed by atoms with Crippen LogP contribution in [0.1, 0.15) is 80.6 Å². The third kappa shape index (κ3) is 11.2. The minimum Gasteiger partial charge on any atom is -0.462 e. The summed E-state index contributed by atoms with van der Waals surface area (Å²) >= 11 is 0. The number of carbonyl (C=O) groups excluding carboxylic acids is 3. The van der Waals surface area contributed by atoms with Crippen LogP contribution in [0.3, 0.4) is 0 Å². The van der Waals surface area contributed by atoms with E-state index in [1.54, 1.807) is 65.8 Å². The van der Waals surface area contributed by atoms with Crippen LogP contribution in [0.2, 0.25) is 0 Å². The molecule has 14 nitrogen and oxygen atoms in total. The van der Waals surface area contributed by atoms with Gasteiger partial charge in [-0.1, -0.05) is 38.5 Å². The maximum Gasteiger partial charge on any atom is 0.308 e. The second-order valence-corrected chi connectivity index (χ2v) is 15.5. The van der Waals surface area contributed by atoms with Crippen molar-refractivity contribution < 1.29 is 63.6 Å². The third-order valence-electron chi connectivity index (χ3n) is 10.9. The molecule has 0 aliphatic carbocycles. The second kappa shape index (κ2) is 19.5. The zero-order chi connectivity index (χ0) is 39.1. The quantitative estimate of drug-likeness (QED) is 0.169. The highest BCUT2D eigenvalue weighted by Crippen LogP contribution is 2.37. The number of carbonyl (C=O) groups is 3. The Morgan fingerprint density at radius 2 is 1.69 bits per heavy atom. The van der Waals surface area contributed by atoms with E-state index in [4.69, 9.17) is 23.7 Å². The first-order valence-corrected chi connectivity index (χ1v) is 18.5. The van der Waals surface area contributed by atoms with E-state index in [1.807, 2.05) is 6.92 Å². The molecule has 16 atom stereocenters. The predicted octanol–water partition coefficient (Wildman–Crippen LogP) is 1.67. The summed E-state index contributed by atoms with van der Waals surface area (Å²) in [7, 11) is 3.51. The highest BCUT2D eigenvalue weighted by atomic mass is 16.7. The monoisotopic (exact) mass is 741 g/mol. The van der Waals surface area contributed by atoms with Gasteiger partial charge in [-0.25, -0.2) is 0 Å². The Balaban J connectivity index is 1.96. The number of hydrogen-bond donors (Lipinski definition) is 5. The molecule has 16 unspecified atom stereocenters. The fourth-order valence-electron chi connectivity index (χ4n) is 7.68. The van der Waals surface area contributed by atoms with Crippen LogP contribution in [0.4, 0.5) is 0 Å². The number of aliphatic hydroxyl groups is 5. The van der Waals surface area contributed by atoms with Crippen LogP contribution in [0, 0.1) is 23.7 Å². The smallest absolute Gasteiger partial charge is 0.308 e. The van der Waals surface area contributed by atoms with E-state index in [1.165, 1.54) is 13.0 Å². The van der Waals surface area contributed by atoms with Crippen molar-refractivity contribution in [2.75, 3.05) is 20.7 Å². The lowest BCUT2D eigenvalue weighted by Gasteiger charge is -2.50. The molecular weight excluding hydrogens is 678 g/mol. The van der Waals surface area contributed by atoms with E-state index in [9.17, 15) is 39.9 Å². The number of ketones is 1. The van der Waals surface area contributed by atoms with Crippen molar-refractivity contribution in [2.45, 2.75) is 154 Å². The Kier molecular flexibility index (Phi) is 16.6. The minimum absolute atomic E-state index is 0.0210. The molecule has 3 aliphatic heterocycles. The Morgan fingerprint density at radius 1 is 1.02 bits per heavy atom. The van der Waals surface area contributed by atoms with E-state index in [-0.39, 0.29) is 31.7 Å². The fraction of sp³-hybridized carbons (Fsp3) is 0.816. The van der Waals surface area contributed by atoms with Gasteiger partial charge in [0, 0.05) is 30.6 Å². The van der Waals surface area contributed by atoms with Crippen LogP contribution in [-0.4, -0.2) is 142 Å². The summed E-state index contributed by atoms with van der Waals surface area (Å²) < 4.78 is 30.7. The number of hydrogen-bond acceptors (Lipinski definition) is 14. The van der Waals surface area contributed by atoms with Gasteiger partial charge < -0.3 is 58.9 Å². The summed E-state index contributed by atoms with van der Waals surface area (Å²) in [5.41, 5.74) is -0.773. The summed E-state index contributed by atoms with van der Waals surface area (Å²) in [6.07, 6.45) is -4.08.